The largest absolute Gasteiger partial charge is 0.380 e. The van der Waals surface area contributed by atoms with Gasteiger partial charge in [0.05, 0.1) is 18.8 Å². The van der Waals surface area contributed by atoms with Crippen molar-refractivity contribution in [3.8, 4) is 11.3 Å². The topological polar surface area (TPSA) is 58.5 Å². The Kier molecular flexibility index (Phi) is 7.56. The van der Waals surface area contributed by atoms with Crippen molar-refractivity contribution in [1.29, 1.82) is 0 Å². The second-order valence-electron chi connectivity index (χ2n) is 4.81. The predicted molar refractivity (Wildman–Crippen MR) is 96.9 cm³/mol. The fraction of sp³-hybridized carbons (Fsp3) is 0.412. The fourth-order valence-corrected chi connectivity index (χ4v) is 2.73. The Bertz CT molecular complexity index is 598. The molecule has 0 saturated heterocycles. The van der Waals surface area contributed by atoms with Gasteiger partial charge >= 0.3 is 0 Å². The van der Waals surface area contributed by atoms with Gasteiger partial charge in [-0.15, -0.1) is 11.3 Å². The summed E-state index contributed by atoms with van der Waals surface area (Å²) in [5.74, 6) is 0.795. The van der Waals surface area contributed by atoms with Gasteiger partial charge < -0.3 is 15.4 Å². The third-order valence-corrected chi connectivity index (χ3v) is 3.91. The van der Waals surface area contributed by atoms with E-state index in [0.29, 0.717) is 13.2 Å². The van der Waals surface area contributed by atoms with Crippen LogP contribution in [-0.4, -0.2) is 37.2 Å². The van der Waals surface area contributed by atoms with Crippen molar-refractivity contribution in [2.75, 3.05) is 26.3 Å². The zero-order valence-electron chi connectivity index (χ0n) is 13.7. The quantitative estimate of drug-likeness (QED) is 0.443. The van der Waals surface area contributed by atoms with Gasteiger partial charge in [0, 0.05) is 30.6 Å². The molecule has 0 radical (unpaired) electrons. The third-order valence-electron chi connectivity index (χ3n) is 3.08. The third kappa shape index (κ3) is 6.00. The summed E-state index contributed by atoms with van der Waals surface area (Å²) in [5, 5.41) is 9.57. The minimum atomic E-state index is 0.571. The van der Waals surface area contributed by atoms with Crippen molar-refractivity contribution in [3.05, 3.63) is 40.7 Å². The minimum Gasteiger partial charge on any atom is -0.380 e. The molecule has 1 heterocycles. The van der Waals surface area contributed by atoms with Crippen LogP contribution in [0.4, 0.5) is 0 Å². The summed E-state index contributed by atoms with van der Waals surface area (Å²) >= 11 is 1.64. The number of benzene rings is 1. The van der Waals surface area contributed by atoms with Crippen LogP contribution in [-0.2, 0) is 11.3 Å². The standard InChI is InChI=1S/C17H24N4OS/c1-3-18-17(19-10-11-22-4-2)20-12-16-21-15(13-23-16)14-8-6-5-7-9-14/h5-9,13H,3-4,10-12H2,1-2H3,(H2,18,19,20). The number of nitrogens with zero attached hydrogens (tertiary/aromatic N) is 2. The summed E-state index contributed by atoms with van der Waals surface area (Å²) in [4.78, 5) is 9.23. The molecule has 2 aromatic rings. The van der Waals surface area contributed by atoms with Crippen LogP contribution in [0.3, 0.4) is 0 Å². The Balaban J connectivity index is 1.92. The summed E-state index contributed by atoms with van der Waals surface area (Å²) in [6.45, 7) is 7.59. The lowest BCUT2D eigenvalue weighted by Gasteiger charge is -2.10. The lowest BCUT2D eigenvalue weighted by atomic mass is 10.2. The monoisotopic (exact) mass is 332 g/mol. The second kappa shape index (κ2) is 9.97. The van der Waals surface area contributed by atoms with Gasteiger partial charge in [-0.1, -0.05) is 30.3 Å². The highest BCUT2D eigenvalue weighted by Gasteiger charge is 2.04. The van der Waals surface area contributed by atoms with E-state index in [0.717, 1.165) is 41.9 Å². The van der Waals surface area contributed by atoms with Crippen molar-refractivity contribution in [3.63, 3.8) is 0 Å². The van der Waals surface area contributed by atoms with Crippen molar-refractivity contribution in [2.24, 2.45) is 4.99 Å². The van der Waals surface area contributed by atoms with Crippen molar-refractivity contribution in [1.82, 2.24) is 15.6 Å². The summed E-state index contributed by atoms with van der Waals surface area (Å²) in [5.41, 5.74) is 2.15. The lowest BCUT2D eigenvalue weighted by Crippen LogP contribution is -2.39. The Morgan fingerprint density at radius 2 is 2.04 bits per heavy atom. The molecule has 1 aromatic carbocycles. The van der Waals surface area contributed by atoms with Gasteiger partial charge in [0.15, 0.2) is 5.96 Å². The summed E-state index contributed by atoms with van der Waals surface area (Å²) in [6, 6.07) is 10.2. The molecule has 0 saturated carbocycles. The normalized spacial score (nSPS) is 11.5. The number of hydrogen-bond acceptors (Lipinski definition) is 4. The van der Waals surface area contributed by atoms with E-state index in [2.05, 4.69) is 45.0 Å². The van der Waals surface area contributed by atoms with E-state index in [4.69, 9.17) is 4.74 Å². The number of guanidine groups is 1. The number of hydrogen-bond donors (Lipinski definition) is 2. The molecular formula is C17H24N4OS. The molecule has 0 fully saturated rings. The van der Waals surface area contributed by atoms with Crippen LogP contribution in [0.15, 0.2) is 40.7 Å². The maximum absolute atomic E-state index is 5.32. The highest BCUT2D eigenvalue weighted by molar-refractivity contribution is 7.09. The SMILES string of the molecule is CCNC(=NCc1nc(-c2ccccc2)cs1)NCCOCC. The first-order chi connectivity index (χ1) is 11.3. The van der Waals surface area contributed by atoms with Crippen LogP contribution in [0.5, 0.6) is 0 Å². The van der Waals surface area contributed by atoms with Crippen molar-refractivity contribution < 1.29 is 4.74 Å². The molecular weight excluding hydrogens is 308 g/mol. The summed E-state index contributed by atoms with van der Waals surface area (Å²) in [7, 11) is 0. The minimum absolute atomic E-state index is 0.571. The van der Waals surface area contributed by atoms with Gasteiger partial charge in [-0.25, -0.2) is 9.98 Å². The average molecular weight is 332 g/mol. The molecule has 5 nitrogen and oxygen atoms in total. The van der Waals surface area contributed by atoms with Gasteiger partial charge in [0.2, 0.25) is 0 Å². The molecule has 23 heavy (non-hydrogen) atoms. The molecule has 0 aliphatic carbocycles. The number of ether oxygens (including phenoxy) is 1. The van der Waals surface area contributed by atoms with E-state index in [1.54, 1.807) is 11.3 Å². The molecule has 6 heteroatoms. The molecule has 0 aliphatic rings. The van der Waals surface area contributed by atoms with Crippen LogP contribution in [0, 0.1) is 0 Å². The molecule has 0 spiro atoms. The van der Waals surface area contributed by atoms with Crippen LogP contribution in [0.1, 0.15) is 18.9 Å². The summed E-state index contributed by atoms with van der Waals surface area (Å²) < 4.78 is 5.32. The van der Waals surface area contributed by atoms with Gasteiger partial charge in [-0.3, -0.25) is 0 Å². The Morgan fingerprint density at radius 1 is 1.22 bits per heavy atom. The molecule has 2 rings (SSSR count). The molecule has 0 aliphatic heterocycles. The van der Waals surface area contributed by atoms with Gasteiger partial charge in [-0.2, -0.15) is 0 Å². The Hall–Kier alpha value is -1.92. The van der Waals surface area contributed by atoms with Gasteiger partial charge in [0.1, 0.15) is 5.01 Å². The highest BCUT2D eigenvalue weighted by Crippen LogP contribution is 2.21. The number of aromatic nitrogens is 1. The number of rotatable bonds is 8. The highest BCUT2D eigenvalue weighted by atomic mass is 32.1. The average Bonchev–Trinajstić information content (AvgIpc) is 3.06. The first-order valence-electron chi connectivity index (χ1n) is 7.93. The zero-order valence-corrected chi connectivity index (χ0v) is 14.5. The maximum atomic E-state index is 5.32. The van der Waals surface area contributed by atoms with E-state index in [9.17, 15) is 0 Å². The van der Waals surface area contributed by atoms with Gasteiger partial charge in [-0.05, 0) is 13.8 Å². The van der Waals surface area contributed by atoms with Crippen LogP contribution in [0.2, 0.25) is 0 Å². The lowest BCUT2D eigenvalue weighted by molar-refractivity contribution is 0.152. The number of aliphatic imine (C=N–C) groups is 1. The maximum Gasteiger partial charge on any atom is 0.191 e. The van der Waals surface area contributed by atoms with Crippen molar-refractivity contribution >= 4 is 17.3 Å². The Morgan fingerprint density at radius 3 is 2.78 bits per heavy atom. The Labute approximate surface area is 141 Å². The van der Waals surface area contributed by atoms with E-state index in [-0.39, 0.29) is 0 Å². The fourth-order valence-electron chi connectivity index (χ4n) is 2.00. The molecule has 124 valence electrons. The number of thiazole rings is 1. The van der Waals surface area contributed by atoms with E-state index < -0.39 is 0 Å². The smallest absolute Gasteiger partial charge is 0.191 e. The first-order valence-corrected chi connectivity index (χ1v) is 8.81. The summed E-state index contributed by atoms with van der Waals surface area (Å²) in [6.07, 6.45) is 0. The van der Waals surface area contributed by atoms with E-state index >= 15 is 0 Å². The van der Waals surface area contributed by atoms with Crippen LogP contribution < -0.4 is 10.6 Å². The number of nitrogens with one attached hydrogen (secondary N) is 2. The van der Waals surface area contributed by atoms with Crippen LogP contribution >= 0.6 is 11.3 Å². The molecule has 2 N–H and O–H groups in total. The first kappa shape index (κ1) is 17.4. The van der Waals surface area contributed by atoms with Crippen molar-refractivity contribution in [2.45, 2.75) is 20.4 Å². The van der Waals surface area contributed by atoms with E-state index in [1.807, 2.05) is 25.1 Å². The predicted octanol–water partition coefficient (Wildman–Crippen LogP) is 2.90. The van der Waals surface area contributed by atoms with Crippen LogP contribution in [0.25, 0.3) is 11.3 Å². The van der Waals surface area contributed by atoms with E-state index in [1.165, 1.54) is 0 Å². The molecule has 1 aromatic heterocycles. The molecule has 0 atom stereocenters. The molecule has 0 bridgehead atoms. The zero-order chi connectivity index (χ0) is 16.3. The molecule has 0 amide bonds. The second-order valence-corrected chi connectivity index (χ2v) is 5.75. The van der Waals surface area contributed by atoms with Gasteiger partial charge in [0.25, 0.3) is 0 Å². The molecule has 0 unspecified atom stereocenters.